The molecule has 0 saturated carbocycles. The molecule has 2 aromatic carbocycles. The van der Waals surface area contributed by atoms with Gasteiger partial charge in [-0.3, -0.25) is 14.3 Å². The van der Waals surface area contributed by atoms with Crippen LogP contribution in [0, 0.1) is 5.82 Å². The Bertz CT molecular complexity index is 1320. The molecule has 0 aliphatic carbocycles. The summed E-state index contributed by atoms with van der Waals surface area (Å²) in [5, 5.41) is 11.7. The van der Waals surface area contributed by atoms with Crippen molar-refractivity contribution in [3.63, 3.8) is 0 Å². The van der Waals surface area contributed by atoms with Gasteiger partial charge in [0.05, 0.1) is 22.8 Å². The molecule has 0 unspecified atom stereocenters. The van der Waals surface area contributed by atoms with Crippen molar-refractivity contribution in [1.82, 2.24) is 19.7 Å². The van der Waals surface area contributed by atoms with Crippen molar-refractivity contribution in [2.24, 2.45) is 7.05 Å². The molecule has 1 amide bonds. The third-order valence-electron chi connectivity index (χ3n) is 4.87. The smallest absolute Gasteiger partial charge is 0.261 e. The Morgan fingerprint density at radius 3 is 2.73 bits per heavy atom. The normalized spacial score (nSPS) is 11.4. The van der Waals surface area contributed by atoms with Crippen LogP contribution in [-0.4, -0.2) is 26.3 Å². The molecule has 0 spiro atoms. The van der Waals surface area contributed by atoms with Gasteiger partial charge in [0.15, 0.2) is 0 Å². The van der Waals surface area contributed by atoms with Gasteiger partial charge < -0.3 is 15.2 Å². The van der Waals surface area contributed by atoms with E-state index >= 15 is 0 Å². The van der Waals surface area contributed by atoms with Gasteiger partial charge in [-0.05, 0) is 49.6 Å². The van der Waals surface area contributed by atoms with E-state index in [1.54, 1.807) is 35.3 Å². The summed E-state index contributed by atoms with van der Waals surface area (Å²) in [7, 11) is 1.84. The molecular weight excluding hydrogens is 385 g/mol. The maximum atomic E-state index is 14.8. The van der Waals surface area contributed by atoms with Crippen LogP contribution >= 0.6 is 0 Å². The number of fused-ring (bicyclic) bond motifs is 2. The summed E-state index contributed by atoms with van der Waals surface area (Å²) < 4.78 is 17.8. The number of benzene rings is 2. The molecule has 0 fully saturated rings. The highest BCUT2D eigenvalue weighted by Gasteiger charge is 2.15. The maximum absolute atomic E-state index is 14.8. The Morgan fingerprint density at radius 2 is 1.97 bits per heavy atom. The Balaban J connectivity index is 1.77. The topological polar surface area (TPSA) is 81.0 Å². The van der Waals surface area contributed by atoms with Gasteiger partial charge in [-0.15, -0.1) is 0 Å². The molecule has 4 rings (SSSR count). The highest BCUT2D eigenvalue weighted by atomic mass is 19.1. The van der Waals surface area contributed by atoms with Crippen molar-refractivity contribution >= 4 is 39.0 Å². The fourth-order valence-corrected chi connectivity index (χ4v) is 3.50. The largest absolute Gasteiger partial charge is 0.352 e. The molecule has 0 radical (unpaired) electrons. The zero-order chi connectivity index (χ0) is 21.4. The number of pyridine rings is 1. The standard InChI is InChI=1S/C22H22FN5O2/c1-13(2)25-19(29)12-28-9-8-14-4-6-17(23)21(20(14)22(28)30)26-16-5-7-18-15(10-16)11-24-27(18)3/h4-11,13,26H,12H2,1-3H3,(H,25,29). The minimum Gasteiger partial charge on any atom is -0.352 e. The third kappa shape index (κ3) is 3.63. The number of carbonyl (C=O) groups excluding carboxylic acids is 1. The van der Waals surface area contributed by atoms with Crippen LogP contribution in [0.1, 0.15) is 13.8 Å². The lowest BCUT2D eigenvalue weighted by atomic mass is 10.1. The predicted octanol–water partition coefficient (Wildman–Crippen LogP) is 3.30. The molecule has 0 bridgehead atoms. The van der Waals surface area contributed by atoms with Crippen LogP contribution in [0.5, 0.6) is 0 Å². The van der Waals surface area contributed by atoms with E-state index in [1.165, 1.54) is 10.6 Å². The van der Waals surface area contributed by atoms with Crippen LogP contribution < -0.4 is 16.2 Å². The molecular formula is C22H22FN5O2. The zero-order valence-corrected chi connectivity index (χ0v) is 16.9. The van der Waals surface area contributed by atoms with Gasteiger partial charge in [0, 0.05) is 30.4 Å². The van der Waals surface area contributed by atoms with Crippen LogP contribution in [0.15, 0.2) is 53.6 Å². The molecule has 154 valence electrons. The average Bonchev–Trinajstić information content (AvgIpc) is 3.06. The summed E-state index contributed by atoms with van der Waals surface area (Å²) in [5.41, 5.74) is 1.22. The van der Waals surface area contributed by atoms with E-state index in [1.807, 2.05) is 33.0 Å². The van der Waals surface area contributed by atoms with E-state index in [9.17, 15) is 14.0 Å². The number of rotatable bonds is 5. The van der Waals surface area contributed by atoms with Gasteiger partial charge in [-0.1, -0.05) is 6.07 Å². The summed E-state index contributed by atoms with van der Waals surface area (Å²) in [4.78, 5) is 25.2. The molecule has 2 N–H and O–H groups in total. The van der Waals surface area contributed by atoms with Crippen molar-refractivity contribution in [2.45, 2.75) is 26.4 Å². The van der Waals surface area contributed by atoms with Crippen molar-refractivity contribution in [2.75, 3.05) is 5.32 Å². The second-order valence-electron chi connectivity index (χ2n) is 7.52. The van der Waals surface area contributed by atoms with E-state index in [4.69, 9.17) is 0 Å². The number of carbonyl (C=O) groups is 1. The molecule has 2 aromatic heterocycles. The molecule has 0 saturated heterocycles. The van der Waals surface area contributed by atoms with Crippen molar-refractivity contribution in [3.05, 3.63) is 65.0 Å². The highest BCUT2D eigenvalue weighted by Crippen LogP contribution is 2.28. The molecule has 0 aliphatic heterocycles. The van der Waals surface area contributed by atoms with E-state index in [2.05, 4.69) is 15.7 Å². The zero-order valence-electron chi connectivity index (χ0n) is 16.9. The maximum Gasteiger partial charge on any atom is 0.261 e. The summed E-state index contributed by atoms with van der Waals surface area (Å²) in [6.07, 6.45) is 3.27. The van der Waals surface area contributed by atoms with Gasteiger partial charge in [-0.2, -0.15) is 5.10 Å². The Kier molecular flexibility index (Phi) is 4.99. The lowest BCUT2D eigenvalue weighted by Crippen LogP contribution is -2.36. The van der Waals surface area contributed by atoms with Gasteiger partial charge in [0.1, 0.15) is 12.4 Å². The molecule has 4 aromatic rings. The van der Waals surface area contributed by atoms with Gasteiger partial charge in [-0.25, -0.2) is 4.39 Å². The van der Waals surface area contributed by atoms with Crippen LogP contribution in [0.4, 0.5) is 15.8 Å². The highest BCUT2D eigenvalue weighted by molar-refractivity contribution is 5.96. The lowest BCUT2D eigenvalue weighted by Gasteiger charge is -2.14. The summed E-state index contributed by atoms with van der Waals surface area (Å²) in [6, 6.07) is 10.1. The number of hydrogen-bond acceptors (Lipinski definition) is 4. The fourth-order valence-electron chi connectivity index (χ4n) is 3.50. The quantitative estimate of drug-likeness (QED) is 0.532. The Labute approximate surface area is 172 Å². The number of halogens is 1. The van der Waals surface area contributed by atoms with Crippen molar-refractivity contribution in [1.29, 1.82) is 0 Å². The van der Waals surface area contributed by atoms with Crippen LogP contribution in [0.2, 0.25) is 0 Å². The fraction of sp³-hybridized carbons (Fsp3) is 0.227. The van der Waals surface area contributed by atoms with E-state index in [-0.39, 0.29) is 29.6 Å². The Morgan fingerprint density at radius 1 is 1.17 bits per heavy atom. The van der Waals surface area contributed by atoms with Crippen LogP contribution in [0.3, 0.4) is 0 Å². The first kappa shape index (κ1) is 19.6. The van der Waals surface area contributed by atoms with Crippen LogP contribution in [-0.2, 0) is 18.4 Å². The summed E-state index contributed by atoms with van der Waals surface area (Å²) >= 11 is 0. The minimum absolute atomic E-state index is 0.0364. The predicted molar refractivity (Wildman–Crippen MR) is 115 cm³/mol. The molecule has 7 nitrogen and oxygen atoms in total. The first-order valence-corrected chi connectivity index (χ1v) is 9.63. The van der Waals surface area contributed by atoms with Crippen LogP contribution in [0.25, 0.3) is 21.7 Å². The second-order valence-corrected chi connectivity index (χ2v) is 7.52. The molecule has 0 aliphatic rings. The minimum atomic E-state index is -0.546. The number of aromatic nitrogens is 3. The number of anilines is 2. The monoisotopic (exact) mass is 407 g/mol. The average molecular weight is 407 g/mol. The third-order valence-corrected chi connectivity index (χ3v) is 4.87. The van der Waals surface area contributed by atoms with Crippen molar-refractivity contribution < 1.29 is 9.18 Å². The molecule has 0 atom stereocenters. The number of nitrogens with zero attached hydrogens (tertiary/aromatic N) is 3. The number of nitrogens with one attached hydrogen (secondary N) is 2. The van der Waals surface area contributed by atoms with Crippen molar-refractivity contribution in [3.8, 4) is 0 Å². The number of amides is 1. The Hall–Kier alpha value is -3.68. The first-order chi connectivity index (χ1) is 14.3. The molecule has 8 heteroatoms. The molecule has 30 heavy (non-hydrogen) atoms. The summed E-state index contributed by atoms with van der Waals surface area (Å²) in [6.45, 7) is 3.56. The van der Waals surface area contributed by atoms with E-state index in [0.29, 0.717) is 11.1 Å². The molecule has 2 heterocycles. The van der Waals surface area contributed by atoms with Gasteiger partial charge >= 0.3 is 0 Å². The first-order valence-electron chi connectivity index (χ1n) is 9.63. The van der Waals surface area contributed by atoms with Gasteiger partial charge in [0.2, 0.25) is 5.91 Å². The van der Waals surface area contributed by atoms with E-state index < -0.39 is 11.4 Å². The summed E-state index contributed by atoms with van der Waals surface area (Å²) in [5.74, 6) is -0.824. The second kappa shape index (κ2) is 7.62. The van der Waals surface area contributed by atoms with E-state index in [0.717, 1.165) is 10.9 Å². The number of aryl methyl sites for hydroxylation is 1. The van der Waals surface area contributed by atoms with Gasteiger partial charge in [0.25, 0.3) is 5.56 Å². The number of hydrogen-bond donors (Lipinski definition) is 2. The lowest BCUT2D eigenvalue weighted by molar-refractivity contribution is -0.122. The SMILES string of the molecule is CC(C)NC(=O)Cn1ccc2ccc(F)c(Nc3ccc4c(cnn4C)c3)c2c1=O.